The van der Waals surface area contributed by atoms with Crippen molar-refractivity contribution in [3.05, 3.63) is 17.5 Å². The molecular weight excluding hydrogens is 164 g/mol. The van der Waals surface area contributed by atoms with Gasteiger partial charge in [0.25, 0.3) is 0 Å². The van der Waals surface area contributed by atoms with E-state index in [1.54, 1.807) is 11.0 Å². The van der Waals surface area contributed by atoms with Gasteiger partial charge in [-0.15, -0.1) is 5.10 Å². The van der Waals surface area contributed by atoms with Crippen LogP contribution in [-0.2, 0) is 6.54 Å². The standard InChI is InChI=1S/C9H16N4/c1-7(2)8(3)4-5-13-6-11-9(10)12-13/h6H,4-5H2,1-3H3,(H2,10,12). The largest absolute Gasteiger partial charge is 0.367 e. The maximum Gasteiger partial charge on any atom is 0.239 e. The van der Waals surface area contributed by atoms with Crippen molar-refractivity contribution in [2.45, 2.75) is 33.7 Å². The fourth-order valence-electron chi connectivity index (χ4n) is 0.949. The zero-order valence-electron chi connectivity index (χ0n) is 8.41. The quantitative estimate of drug-likeness (QED) is 0.719. The van der Waals surface area contributed by atoms with Crippen LogP contribution in [0.4, 0.5) is 5.95 Å². The normalized spacial score (nSPS) is 10.1. The summed E-state index contributed by atoms with van der Waals surface area (Å²) in [6.07, 6.45) is 2.67. The number of hydrogen-bond acceptors (Lipinski definition) is 3. The smallest absolute Gasteiger partial charge is 0.239 e. The Labute approximate surface area is 78.5 Å². The first-order chi connectivity index (χ1) is 6.09. The summed E-state index contributed by atoms with van der Waals surface area (Å²) in [4.78, 5) is 3.85. The minimum absolute atomic E-state index is 0.342. The molecule has 0 aliphatic carbocycles. The van der Waals surface area contributed by atoms with Gasteiger partial charge >= 0.3 is 0 Å². The van der Waals surface area contributed by atoms with E-state index in [2.05, 4.69) is 30.9 Å². The van der Waals surface area contributed by atoms with Gasteiger partial charge in [0.1, 0.15) is 6.33 Å². The molecule has 0 aliphatic rings. The molecule has 4 heteroatoms. The molecule has 13 heavy (non-hydrogen) atoms. The predicted molar refractivity (Wildman–Crippen MR) is 53.1 cm³/mol. The molecule has 0 aliphatic heterocycles. The third kappa shape index (κ3) is 2.89. The van der Waals surface area contributed by atoms with Crippen molar-refractivity contribution in [1.29, 1.82) is 0 Å². The summed E-state index contributed by atoms with van der Waals surface area (Å²) in [6, 6.07) is 0. The van der Waals surface area contributed by atoms with E-state index in [-0.39, 0.29) is 0 Å². The van der Waals surface area contributed by atoms with E-state index in [0.717, 1.165) is 13.0 Å². The number of allylic oxidation sites excluding steroid dienone is 2. The van der Waals surface area contributed by atoms with Crippen molar-refractivity contribution in [1.82, 2.24) is 14.8 Å². The number of aryl methyl sites for hydroxylation is 1. The Morgan fingerprint density at radius 3 is 2.62 bits per heavy atom. The summed E-state index contributed by atoms with van der Waals surface area (Å²) in [5.41, 5.74) is 8.16. The Balaban J connectivity index is 2.49. The molecular formula is C9H16N4. The number of nitrogen functional groups attached to an aromatic ring is 1. The molecule has 0 fully saturated rings. The third-order valence-electron chi connectivity index (χ3n) is 2.12. The molecule has 1 aromatic rings. The summed E-state index contributed by atoms with van der Waals surface area (Å²) < 4.78 is 1.77. The fourth-order valence-corrected chi connectivity index (χ4v) is 0.949. The summed E-state index contributed by atoms with van der Waals surface area (Å²) in [7, 11) is 0. The minimum Gasteiger partial charge on any atom is -0.367 e. The van der Waals surface area contributed by atoms with Crippen molar-refractivity contribution >= 4 is 5.95 Å². The maximum atomic E-state index is 5.39. The molecule has 0 aromatic carbocycles. The molecule has 0 spiro atoms. The van der Waals surface area contributed by atoms with Crippen LogP contribution in [0, 0.1) is 0 Å². The zero-order valence-corrected chi connectivity index (χ0v) is 8.41. The van der Waals surface area contributed by atoms with Gasteiger partial charge in [0.05, 0.1) is 0 Å². The number of hydrogen-bond donors (Lipinski definition) is 1. The lowest BCUT2D eigenvalue weighted by Gasteiger charge is -2.03. The summed E-state index contributed by atoms with van der Waals surface area (Å²) >= 11 is 0. The molecule has 0 saturated carbocycles. The molecule has 0 amide bonds. The second-order valence-corrected chi connectivity index (χ2v) is 3.40. The SMILES string of the molecule is CC(C)=C(C)CCn1cnc(N)n1. The van der Waals surface area contributed by atoms with Crippen molar-refractivity contribution < 1.29 is 0 Å². The molecule has 0 unspecified atom stereocenters. The van der Waals surface area contributed by atoms with Gasteiger partial charge in [-0.1, -0.05) is 11.1 Å². The Hall–Kier alpha value is -1.32. The van der Waals surface area contributed by atoms with E-state index in [0.29, 0.717) is 5.95 Å². The average molecular weight is 180 g/mol. The van der Waals surface area contributed by atoms with Crippen molar-refractivity contribution in [3.63, 3.8) is 0 Å². The first-order valence-corrected chi connectivity index (χ1v) is 4.37. The average Bonchev–Trinajstić information content (AvgIpc) is 2.47. The molecule has 2 N–H and O–H groups in total. The van der Waals surface area contributed by atoms with Crippen LogP contribution in [0.3, 0.4) is 0 Å². The number of rotatable bonds is 3. The summed E-state index contributed by atoms with van der Waals surface area (Å²) in [5.74, 6) is 0.342. The number of anilines is 1. The van der Waals surface area contributed by atoms with Gasteiger partial charge in [-0.2, -0.15) is 0 Å². The van der Waals surface area contributed by atoms with Crippen LogP contribution in [-0.4, -0.2) is 14.8 Å². The van der Waals surface area contributed by atoms with E-state index in [9.17, 15) is 0 Å². The molecule has 72 valence electrons. The van der Waals surface area contributed by atoms with Crippen LogP contribution in [0.2, 0.25) is 0 Å². The Morgan fingerprint density at radius 2 is 2.15 bits per heavy atom. The van der Waals surface area contributed by atoms with Gasteiger partial charge in [-0.3, -0.25) is 4.68 Å². The molecule has 1 aromatic heterocycles. The Bertz CT molecular complexity index is 307. The van der Waals surface area contributed by atoms with E-state index in [1.807, 2.05) is 0 Å². The highest BCUT2D eigenvalue weighted by atomic mass is 15.3. The van der Waals surface area contributed by atoms with Crippen molar-refractivity contribution in [3.8, 4) is 0 Å². The third-order valence-corrected chi connectivity index (χ3v) is 2.12. The van der Waals surface area contributed by atoms with Crippen LogP contribution in [0.15, 0.2) is 17.5 Å². The van der Waals surface area contributed by atoms with Gasteiger partial charge in [0, 0.05) is 6.54 Å². The van der Waals surface area contributed by atoms with E-state index in [4.69, 9.17) is 5.73 Å². The number of nitrogens with zero attached hydrogens (tertiary/aromatic N) is 3. The first-order valence-electron chi connectivity index (χ1n) is 4.37. The van der Waals surface area contributed by atoms with Gasteiger partial charge in [-0.25, -0.2) is 4.98 Å². The molecule has 1 heterocycles. The lowest BCUT2D eigenvalue weighted by atomic mass is 10.1. The summed E-state index contributed by atoms with van der Waals surface area (Å²) in [6.45, 7) is 7.22. The lowest BCUT2D eigenvalue weighted by Crippen LogP contribution is -2.00. The van der Waals surface area contributed by atoms with E-state index < -0.39 is 0 Å². The second-order valence-electron chi connectivity index (χ2n) is 3.40. The number of aromatic nitrogens is 3. The molecule has 0 saturated heterocycles. The lowest BCUT2D eigenvalue weighted by molar-refractivity contribution is 0.610. The highest BCUT2D eigenvalue weighted by molar-refractivity contribution is 5.10. The molecule has 0 atom stereocenters. The second kappa shape index (κ2) is 4.07. The van der Waals surface area contributed by atoms with Crippen LogP contribution in [0.5, 0.6) is 0 Å². The van der Waals surface area contributed by atoms with Crippen LogP contribution in [0.1, 0.15) is 27.2 Å². The van der Waals surface area contributed by atoms with Gasteiger partial charge in [0.2, 0.25) is 5.95 Å². The summed E-state index contributed by atoms with van der Waals surface area (Å²) in [5, 5.41) is 4.00. The molecule has 0 bridgehead atoms. The predicted octanol–water partition coefficient (Wildman–Crippen LogP) is 1.61. The fraction of sp³-hybridized carbons (Fsp3) is 0.556. The first kappa shape index (κ1) is 9.77. The van der Waals surface area contributed by atoms with Gasteiger partial charge < -0.3 is 5.73 Å². The highest BCUT2D eigenvalue weighted by Gasteiger charge is 1.97. The van der Waals surface area contributed by atoms with Crippen LogP contribution >= 0.6 is 0 Å². The molecule has 1 rings (SSSR count). The molecule has 0 radical (unpaired) electrons. The zero-order chi connectivity index (χ0) is 9.84. The Kier molecular flexibility index (Phi) is 3.06. The highest BCUT2D eigenvalue weighted by Crippen LogP contribution is 2.07. The van der Waals surface area contributed by atoms with Crippen molar-refractivity contribution in [2.24, 2.45) is 0 Å². The maximum absolute atomic E-state index is 5.39. The van der Waals surface area contributed by atoms with Crippen molar-refractivity contribution in [2.75, 3.05) is 5.73 Å². The number of nitrogens with two attached hydrogens (primary N) is 1. The monoisotopic (exact) mass is 180 g/mol. The topological polar surface area (TPSA) is 56.7 Å². The van der Waals surface area contributed by atoms with E-state index in [1.165, 1.54) is 11.1 Å². The van der Waals surface area contributed by atoms with Crippen LogP contribution < -0.4 is 5.73 Å². The van der Waals surface area contributed by atoms with Crippen LogP contribution in [0.25, 0.3) is 0 Å². The Morgan fingerprint density at radius 1 is 1.46 bits per heavy atom. The molecule has 4 nitrogen and oxygen atoms in total. The minimum atomic E-state index is 0.342. The van der Waals surface area contributed by atoms with Gasteiger partial charge in [0.15, 0.2) is 0 Å². The van der Waals surface area contributed by atoms with E-state index >= 15 is 0 Å². The van der Waals surface area contributed by atoms with Gasteiger partial charge in [-0.05, 0) is 27.2 Å².